The first-order valence-electron chi connectivity index (χ1n) is 8.44. The Kier molecular flexibility index (Phi) is 9.53. The van der Waals surface area contributed by atoms with E-state index in [4.69, 9.17) is 0 Å². The number of hydrogen-bond acceptors (Lipinski definition) is 6. The van der Waals surface area contributed by atoms with Crippen LogP contribution in [0.15, 0.2) is 18.2 Å². The molecule has 0 spiro atoms. The van der Waals surface area contributed by atoms with Crippen LogP contribution in [0.4, 0.5) is 20.2 Å². The smallest absolute Gasteiger partial charge is 0.249 e. The topological polar surface area (TPSA) is 99.5 Å². The average Bonchev–Trinajstić information content (AvgIpc) is 2.68. The molecule has 2 aliphatic rings. The molecule has 1 unspecified atom stereocenters. The zero-order valence-corrected chi connectivity index (χ0v) is 15.1. The maximum Gasteiger partial charge on any atom is 0.249 e. The van der Waals surface area contributed by atoms with Gasteiger partial charge in [-0.2, -0.15) is 0 Å². The Morgan fingerprint density at radius 3 is 2.42 bits per heavy atom. The molecule has 5 N–H and O–H groups in total. The third-order valence-electron chi connectivity index (χ3n) is 3.99. The second-order valence-corrected chi connectivity index (χ2v) is 5.55. The fourth-order valence-electron chi connectivity index (χ4n) is 2.79. The Bertz CT molecular complexity index is 595. The first-order chi connectivity index (χ1) is 12.6. The molecule has 0 saturated carbocycles. The van der Waals surface area contributed by atoms with Crippen LogP contribution in [0.3, 0.4) is 0 Å². The molecule has 2 heterocycles. The highest BCUT2D eigenvalue weighted by Crippen LogP contribution is 2.24. The number of nitrogens with one attached hydrogen (secondary N) is 3. The Balaban J connectivity index is 0.000000791. The summed E-state index contributed by atoms with van der Waals surface area (Å²) < 4.78 is 23.8. The fourth-order valence-corrected chi connectivity index (χ4v) is 2.79. The monoisotopic (exact) mass is 371 g/mol. The van der Waals surface area contributed by atoms with Crippen molar-refractivity contribution in [2.45, 2.75) is 18.9 Å². The quantitative estimate of drug-likeness (QED) is 0.581. The van der Waals surface area contributed by atoms with Crippen molar-refractivity contribution < 1.29 is 18.4 Å². The standard InChI is InChI=1S/C15H19FN4O2.CH3F.CH5N/c16-11-9-10(18-12-2-4-14(21)19-15(12)22)1-3-13(11)20-7-5-17-6-8-20;2*1-2/h1,3,9,12,17-18H,2,4-8H2,(H,19,21,22);1H3;2H2,1H3. The second kappa shape index (κ2) is 11.4. The highest BCUT2D eigenvalue weighted by molar-refractivity contribution is 6.01. The molecular weight excluding hydrogens is 344 g/mol. The van der Waals surface area contributed by atoms with Crippen LogP contribution in [-0.2, 0) is 9.59 Å². The molecule has 1 aromatic rings. The first-order valence-corrected chi connectivity index (χ1v) is 8.44. The molecular formula is C17H27F2N5O2. The van der Waals surface area contributed by atoms with Gasteiger partial charge in [-0.15, -0.1) is 0 Å². The molecule has 2 saturated heterocycles. The minimum Gasteiger partial charge on any atom is -0.374 e. The average molecular weight is 371 g/mol. The number of carbonyl (C=O) groups is 2. The van der Waals surface area contributed by atoms with Gasteiger partial charge in [-0.25, -0.2) is 4.39 Å². The maximum absolute atomic E-state index is 14.3. The molecule has 0 aliphatic carbocycles. The van der Waals surface area contributed by atoms with Crippen LogP contribution < -0.4 is 26.6 Å². The molecule has 1 atom stereocenters. The zero-order chi connectivity index (χ0) is 19.5. The molecule has 1 aromatic carbocycles. The lowest BCUT2D eigenvalue weighted by Crippen LogP contribution is -2.47. The summed E-state index contributed by atoms with van der Waals surface area (Å²) in [6.07, 6.45) is 0.719. The summed E-state index contributed by atoms with van der Waals surface area (Å²) in [5, 5.41) is 8.49. The number of imide groups is 1. The van der Waals surface area contributed by atoms with E-state index in [1.54, 1.807) is 12.1 Å². The highest BCUT2D eigenvalue weighted by Gasteiger charge is 2.26. The Morgan fingerprint density at radius 2 is 1.85 bits per heavy atom. The number of amides is 2. The minimum atomic E-state index is -0.498. The molecule has 2 amide bonds. The number of halogens is 2. The number of benzene rings is 1. The number of nitrogens with two attached hydrogens (primary N) is 1. The van der Waals surface area contributed by atoms with Crippen molar-refractivity contribution in [1.82, 2.24) is 10.6 Å². The van der Waals surface area contributed by atoms with Gasteiger partial charge in [0.15, 0.2) is 0 Å². The number of piperazine rings is 1. The normalized spacial score (nSPS) is 19.4. The van der Waals surface area contributed by atoms with Gasteiger partial charge in [-0.3, -0.25) is 19.3 Å². The van der Waals surface area contributed by atoms with Crippen molar-refractivity contribution in [2.75, 3.05) is 50.6 Å². The Hall–Kier alpha value is -2.26. The van der Waals surface area contributed by atoms with Gasteiger partial charge in [-0.1, -0.05) is 0 Å². The molecule has 9 heteroatoms. The Labute approximate surface area is 152 Å². The predicted octanol–water partition coefficient (Wildman–Crippen LogP) is 0.613. The first kappa shape index (κ1) is 21.8. The second-order valence-electron chi connectivity index (χ2n) is 5.55. The van der Waals surface area contributed by atoms with Crippen LogP contribution in [0, 0.1) is 5.82 Å². The maximum atomic E-state index is 14.3. The van der Waals surface area contributed by atoms with E-state index in [0.717, 1.165) is 26.2 Å². The number of anilines is 2. The number of hydrogen-bond donors (Lipinski definition) is 4. The van der Waals surface area contributed by atoms with E-state index in [9.17, 15) is 18.4 Å². The van der Waals surface area contributed by atoms with Gasteiger partial charge in [0.1, 0.15) is 11.9 Å². The number of nitrogens with zero attached hydrogens (tertiary/aromatic N) is 1. The third kappa shape index (κ3) is 5.92. The van der Waals surface area contributed by atoms with Crippen molar-refractivity contribution in [3.8, 4) is 0 Å². The largest absolute Gasteiger partial charge is 0.374 e. The lowest BCUT2D eigenvalue weighted by Gasteiger charge is -2.30. The van der Waals surface area contributed by atoms with Gasteiger partial charge in [0.25, 0.3) is 0 Å². The number of piperidine rings is 1. The van der Waals surface area contributed by atoms with Gasteiger partial charge in [0, 0.05) is 38.3 Å². The van der Waals surface area contributed by atoms with Crippen molar-refractivity contribution in [3.63, 3.8) is 0 Å². The van der Waals surface area contributed by atoms with Crippen LogP contribution in [0.5, 0.6) is 0 Å². The van der Waals surface area contributed by atoms with E-state index in [0.29, 0.717) is 31.4 Å². The predicted molar refractivity (Wildman–Crippen MR) is 98.4 cm³/mol. The van der Waals surface area contributed by atoms with Gasteiger partial charge < -0.3 is 21.3 Å². The number of alkyl halides is 1. The summed E-state index contributed by atoms with van der Waals surface area (Å²) in [5.74, 6) is -0.926. The van der Waals surface area contributed by atoms with E-state index in [-0.39, 0.29) is 17.6 Å². The summed E-state index contributed by atoms with van der Waals surface area (Å²) in [7, 11) is 2.00. The summed E-state index contributed by atoms with van der Waals surface area (Å²) in [6, 6.07) is 4.40. The van der Waals surface area contributed by atoms with Crippen molar-refractivity contribution in [1.29, 1.82) is 0 Å². The van der Waals surface area contributed by atoms with Gasteiger partial charge in [0.05, 0.1) is 12.9 Å². The molecule has 2 fully saturated rings. The zero-order valence-electron chi connectivity index (χ0n) is 15.1. The molecule has 7 nitrogen and oxygen atoms in total. The Morgan fingerprint density at radius 1 is 1.19 bits per heavy atom. The van der Waals surface area contributed by atoms with Crippen LogP contribution >= 0.6 is 0 Å². The summed E-state index contributed by atoms with van der Waals surface area (Å²) in [4.78, 5) is 24.8. The van der Waals surface area contributed by atoms with Crippen LogP contribution in [0.2, 0.25) is 0 Å². The summed E-state index contributed by atoms with van der Waals surface area (Å²) >= 11 is 0. The van der Waals surface area contributed by atoms with E-state index in [1.807, 2.05) is 4.90 Å². The van der Waals surface area contributed by atoms with E-state index < -0.39 is 6.04 Å². The van der Waals surface area contributed by atoms with Crippen LogP contribution in [0.1, 0.15) is 12.8 Å². The molecule has 0 radical (unpaired) electrons. The highest BCUT2D eigenvalue weighted by atomic mass is 19.1. The van der Waals surface area contributed by atoms with Crippen molar-refractivity contribution >= 4 is 23.2 Å². The summed E-state index contributed by atoms with van der Waals surface area (Å²) in [6.45, 7) is 3.24. The molecule has 146 valence electrons. The molecule has 0 bridgehead atoms. The number of rotatable bonds is 3. The van der Waals surface area contributed by atoms with Gasteiger partial charge in [-0.05, 0) is 31.7 Å². The lowest BCUT2D eigenvalue weighted by atomic mass is 10.1. The lowest BCUT2D eigenvalue weighted by molar-refractivity contribution is -0.133. The third-order valence-corrected chi connectivity index (χ3v) is 3.99. The molecule has 0 aromatic heterocycles. The van der Waals surface area contributed by atoms with Crippen LogP contribution in [-0.4, -0.2) is 58.3 Å². The van der Waals surface area contributed by atoms with Crippen molar-refractivity contribution in [3.05, 3.63) is 24.0 Å². The fraction of sp³-hybridized carbons (Fsp3) is 0.529. The molecule has 26 heavy (non-hydrogen) atoms. The summed E-state index contributed by atoms with van der Waals surface area (Å²) in [5.41, 5.74) is 5.63. The van der Waals surface area contributed by atoms with E-state index in [1.165, 1.54) is 13.1 Å². The van der Waals surface area contributed by atoms with Gasteiger partial charge >= 0.3 is 0 Å². The van der Waals surface area contributed by atoms with Crippen molar-refractivity contribution in [2.24, 2.45) is 5.73 Å². The van der Waals surface area contributed by atoms with E-state index in [2.05, 4.69) is 21.7 Å². The SMILES string of the molecule is CF.CN.O=C1CCC(Nc2ccc(N3CCNCC3)c(F)c2)C(=O)N1. The van der Waals surface area contributed by atoms with Crippen LogP contribution in [0.25, 0.3) is 0 Å². The molecule has 2 aliphatic heterocycles. The van der Waals surface area contributed by atoms with E-state index >= 15 is 0 Å². The van der Waals surface area contributed by atoms with Gasteiger partial charge in [0.2, 0.25) is 11.8 Å². The number of carbonyl (C=O) groups excluding carboxylic acids is 2. The minimum absolute atomic E-state index is 0.261. The molecule has 3 rings (SSSR count).